The minimum Gasteiger partial charge on any atom is -0.347 e. The molecule has 0 N–H and O–H groups in total. The summed E-state index contributed by atoms with van der Waals surface area (Å²) in [5, 5.41) is 0. The Labute approximate surface area is 167 Å². The fourth-order valence-electron chi connectivity index (χ4n) is 3.99. The van der Waals surface area contributed by atoms with Crippen LogP contribution >= 0.6 is 0 Å². The molecule has 2 aromatic rings. The van der Waals surface area contributed by atoms with E-state index in [0.29, 0.717) is 0 Å². The number of nitrogens with zero attached hydrogens (tertiary/aromatic N) is 3. The van der Waals surface area contributed by atoms with Gasteiger partial charge in [0.2, 0.25) is 0 Å². The Balaban J connectivity index is 1.35. The first-order valence-corrected chi connectivity index (χ1v) is 10.1. The van der Waals surface area contributed by atoms with Crippen LogP contribution in [0, 0.1) is 0 Å². The van der Waals surface area contributed by atoms with Crippen molar-refractivity contribution in [2.75, 3.05) is 39.8 Å². The topological polar surface area (TPSA) is 36.0 Å². The summed E-state index contributed by atoms with van der Waals surface area (Å²) < 4.78 is 5.96. The number of hydrogen-bond donors (Lipinski definition) is 0. The van der Waals surface area contributed by atoms with Crippen LogP contribution in [0.2, 0.25) is 0 Å². The summed E-state index contributed by atoms with van der Waals surface area (Å²) in [6.07, 6.45) is 0.383. The van der Waals surface area contributed by atoms with Crippen LogP contribution in [0.4, 0.5) is 0 Å². The van der Waals surface area contributed by atoms with Crippen molar-refractivity contribution in [1.29, 1.82) is 0 Å². The predicted molar refractivity (Wildman–Crippen MR) is 110 cm³/mol. The molecule has 2 atom stereocenters. The molecule has 2 heterocycles. The van der Waals surface area contributed by atoms with Crippen LogP contribution < -0.4 is 0 Å². The van der Waals surface area contributed by atoms with E-state index >= 15 is 0 Å². The highest BCUT2D eigenvalue weighted by Crippen LogP contribution is 2.29. The summed E-state index contributed by atoms with van der Waals surface area (Å²) in [7, 11) is 2.18. The van der Waals surface area contributed by atoms with Crippen molar-refractivity contribution in [3.8, 4) is 0 Å². The largest absolute Gasteiger partial charge is 0.347 e. The Morgan fingerprint density at radius 2 is 1.57 bits per heavy atom. The first-order valence-electron chi connectivity index (χ1n) is 10.1. The zero-order valence-electron chi connectivity index (χ0n) is 16.5. The fraction of sp³-hybridized carbons (Fsp3) is 0.435. The van der Waals surface area contributed by atoms with Gasteiger partial charge in [0.05, 0.1) is 6.10 Å². The quantitative estimate of drug-likeness (QED) is 0.721. The second-order valence-electron chi connectivity index (χ2n) is 7.89. The van der Waals surface area contributed by atoms with Crippen LogP contribution in [0.5, 0.6) is 0 Å². The lowest BCUT2D eigenvalue weighted by Gasteiger charge is -2.32. The summed E-state index contributed by atoms with van der Waals surface area (Å²) in [6, 6.07) is 18.9. The molecule has 4 rings (SSSR count). The predicted octanol–water partition coefficient (Wildman–Crippen LogP) is 2.53. The lowest BCUT2D eigenvalue weighted by Crippen LogP contribution is -2.43. The maximum absolute atomic E-state index is 11.5. The van der Waals surface area contributed by atoms with Gasteiger partial charge in [0.15, 0.2) is 12.5 Å². The van der Waals surface area contributed by atoms with E-state index in [0.717, 1.165) is 57.7 Å². The van der Waals surface area contributed by atoms with Gasteiger partial charge in [-0.2, -0.15) is 0 Å². The third-order valence-corrected chi connectivity index (χ3v) is 5.76. The number of ether oxygens (including phenoxy) is 1. The number of carbonyl (C=O) groups is 1. The van der Waals surface area contributed by atoms with E-state index in [9.17, 15) is 4.79 Å². The highest BCUT2D eigenvalue weighted by atomic mass is 16.5. The molecule has 0 saturated carbocycles. The highest BCUT2D eigenvalue weighted by Gasteiger charge is 2.33. The monoisotopic (exact) mass is 379 g/mol. The lowest BCUT2D eigenvalue weighted by molar-refractivity contribution is -0.123. The molecule has 0 radical (unpaired) electrons. The summed E-state index contributed by atoms with van der Waals surface area (Å²) in [4.78, 5) is 18.5. The van der Waals surface area contributed by atoms with Crippen molar-refractivity contribution in [3.05, 3.63) is 71.3 Å². The molecule has 28 heavy (non-hydrogen) atoms. The van der Waals surface area contributed by atoms with Crippen molar-refractivity contribution in [2.45, 2.75) is 25.4 Å². The maximum Gasteiger partial charge on any atom is 0.168 e. The zero-order valence-corrected chi connectivity index (χ0v) is 16.5. The van der Waals surface area contributed by atoms with Crippen molar-refractivity contribution < 1.29 is 9.53 Å². The van der Waals surface area contributed by atoms with Crippen LogP contribution in [0.25, 0.3) is 0 Å². The van der Waals surface area contributed by atoms with Gasteiger partial charge in [0, 0.05) is 45.8 Å². The molecule has 2 aliphatic heterocycles. The molecule has 148 valence electrons. The van der Waals surface area contributed by atoms with Crippen LogP contribution in [0.1, 0.15) is 22.8 Å². The average Bonchev–Trinajstić information content (AvgIpc) is 3.15. The molecule has 0 spiro atoms. The Bertz CT molecular complexity index is 757. The zero-order chi connectivity index (χ0) is 19.3. The molecular weight excluding hydrogens is 350 g/mol. The normalized spacial score (nSPS) is 24.5. The number of rotatable bonds is 6. The SMILES string of the molecule is CN1CCN(Cc2ccc(CN3C[C@@H](c4ccccc4)OC3C=O)cc2)CC1. The molecule has 2 aliphatic rings. The van der Waals surface area contributed by atoms with Crippen LogP contribution in [-0.4, -0.2) is 67.0 Å². The molecule has 0 aromatic heterocycles. The van der Waals surface area contributed by atoms with E-state index in [2.05, 4.69) is 58.1 Å². The van der Waals surface area contributed by atoms with Gasteiger partial charge in [-0.3, -0.25) is 14.6 Å². The van der Waals surface area contributed by atoms with Crippen molar-refractivity contribution in [1.82, 2.24) is 14.7 Å². The molecular formula is C23H29N3O2. The Hall–Kier alpha value is -2.05. The van der Waals surface area contributed by atoms with E-state index in [1.807, 2.05) is 18.2 Å². The molecule has 0 bridgehead atoms. The molecule has 1 unspecified atom stereocenters. The first kappa shape index (κ1) is 19.3. The van der Waals surface area contributed by atoms with Gasteiger partial charge in [-0.1, -0.05) is 54.6 Å². The van der Waals surface area contributed by atoms with E-state index in [1.165, 1.54) is 11.1 Å². The molecule has 0 amide bonds. The summed E-state index contributed by atoms with van der Waals surface area (Å²) in [6.45, 7) is 7.01. The third-order valence-electron chi connectivity index (χ3n) is 5.76. The van der Waals surface area contributed by atoms with Crippen LogP contribution in [-0.2, 0) is 22.6 Å². The van der Waals surface area contributed by atoms with Gasteiger partial charge in [0.1, 0.15) is 0 Å². The van der Waals surface area contributed by atoms with Gasteiger partial charge in [0.25, 0.3) is 0 Å². The third kappa shape index (κ3) is 4.67. The number of hydrogen-bond acceptors (Lipinski definition) is 5. The van der Waals surface area contributed by atoms with E-state index in [1.54, 1.807) is 0 Å². The lowest BCUT2D eigenvalue weighted by atomic mass is 10.1. The van der Waals surface area contributed by atoms with Gasteiger partial charge < -0.3 is 9.64 Å². The standard InChI is InChI=1S/C23H29N3O2/c1-24-11-13-25(14-12-24)15-19-7-9-20(10-8-19)16-26-17-22(28-23(26)18-27)21-5-3-2-4-6-21/h2-10,18,22-23H,11-17H2,1H3/t22-,23?/m0/s1. The first-order chi connectivity index (χ1) is 13.7. The second-order valence-corrected chi connectivity index (χ2v) is 7.89. The van der Waals surface area contributed by atoms with Crippen molar-refractivity contribution in [3.63, 3.8) is 0 Å². The van der Waals surface area contributed by atoms with Crippen LogP contribution in [0.3, 0.4) is 0 Å². The van der Waals surface area contributed by atoms with E-state index in [4.69, 9.17) is 4.74 Å². The minimum absolute atomic E-state index is 0.0482. The summed E-state index contributed by atoms with van der Waals surface area (Å²) in [5.41, 5.74) is 3.69. The maximum atomic E-state index is 11.5. The average molecular weight is 380 g/mol. The molecule has 5 nitrogen and oxygen atoms in total. The van der Waals surface area contributed by atoms with Crippen molar-refractivity contribution in [2.24, 2.45) is 0 Å². The number of piperazine rings is 1. The highest BCUT2D eigenvalue weighted by molar-refractivity contribution is 5.56. The molecule has 0 aliphatic carbocycles. The second kappa shape index (κ2) is 8.97. The number of carbonyl (C=O) groups excluding carboxylic acids is 1. The Morgan fingerprint density at radius 3 is 2.21 bits per heavy atom. The Kier molecular flexibility index (Phi) is 6.17. The Morgan fingerprint density at radius 1 is 0.929 bits per heavy atom. The fourth-order valence-corrected chi connectivity index (χ4v) is 3.99. The van der Waals surface area contributed by atoms with Gasteiger partial charge in [-0.25, -0.2) is 0 Å². The van der Waals surface area contributed by atoms with Gasteiger partial charge in [-0.05, 0) is 23.7 Å². The smallest absolute Gasteiger partial charge is 0.168 e. The van der Waals surface area contributed by atoms with E-state index < -0.39 is 6.23 Å². The molecule has 2 aromatic carbocycles. The van der Waals surface area contributed by atoms with E-state index in [-0.39, 0.29) is 6.10 Å². The molecule has 2 saturated heterocycles. The summed E-state index contributed by atoms with van der Waals surface area (Å²) in [5.74, 6) is 0. The molecule has 2 fully saturated rings. The number of benzene rings is 2. The van der Waals surface area contributed by atoms with Gasteiger partial charge >= 0.3 is 0 Å². The number of likely N-dealkylation sites (N-methyl/N-ethyl adjacent to an activating group) is 1. The number of aldehydes is 1. The summed E-state index contributed by atoms with van der Waals surface area (Å²) >= 11 is 0. The molecule has 5 heteroatoms. The van der Waals surface area contributed by atoms with Gasteiger partial charge in [-0.15, -0.1) is 0 Å². The van der Waals surface area contributed by atoms with Crippen molar-refractivity contribution >= 4 is 6.29 Å². The van der Waals surface area contributed by atoms with Crippen LogP contribution in [0.15, 0.2) is 54.6 Å². The minimum atomic E-state index is -0.477.